The van der Waals surface area contributed by atoms with Crippen LogP contribution in [0.1, 0.15) is 27.2 Å². The third-order valence-electron chi connectivity index (χ3n) is 3.64. The predicted molar refractivity (Wildman–Crippen MR) is 112 cm³/mol. The molecule has 0 aromatic heterocycles. The first-order chi connectivity index (χ1) is 10.6. The highest BCUT2D eigenvalue weighted by molar-refractivity contribution is 14.0. The quantitative estimate of drug-likeness (QED) is 0.199. The standard InChI is InChI=1S/C15H34N4O3S.HI/c1-7-16-14(18-13-15(2,3)23(6,20)21)17-9-11-19(4)10-8-12-22-5;/h7-13H2,1-6H3,(H2,16,17,18);1H. The first-order valence-corrected chi connectivity index (χ1v) is 9.92. The molecule has 0 spiro atoms. The van der Waals surface area contributed by atoms with Crippen LogP contribution in [-0.2, 0) is 14.6 Å². The van der Waals surface area contributed by atoms with E-state index in [4.69, 9.17) is 4.74 Å². The summed E-state index contributed by atoms with van der Waals surface area (Å²) in [4.78, 5) is 6.62. The lowest BCUT2D eigenvalue weighted by atomic mass is 10.2. The minimum atomic E-state index is -3.14. The van der Waals surface area contributed by atoms with E-state index in [1.807, 2.05) is 6.92 Å². The van der Waals surface area contributed by atoms with Gasteiger partial charge in [-0.3, -0.25) is 4.99 Å². The second kappa shape index (κ2) is 13.1. The molecule has 0 rings (SSSR count). The van der Waals surface area contributed by atoms with Crippen molar-refractivity contribution in [1.29, 1.82) is 0 Å². The molecule has 0 saturated heterocycles. The maximum Gasteiger partial charge on any atom is 0.191 e. The summed E-state index contributed by atoms with van der Waals surface area (Å²) in [6, 6.07) is 0. The van der Waals surface area contributed by atoms with Crippen LogP contribution >= 0.6 is 24.0 Å². The van der Waals surface area contributed by atoms with Gasteiger partial charge in [-0.05, 0) is 34.2 Å². The third kappa shape index (κ3) is 11.4. The number of rotatable bonds is 11. The van der Waals surface area contributed by atoms with Gasteiger partial charge in [-0.25, -0.2) is 8.42 Å². The number of nitrogens with zero attached hydrogens (tertiary/aromatic N) is 2. The molecule has 0 heterocycles. The Morgan fingerprint density at radius 3 is 2.38 bits per heavy atom. The Morgan fingerprint density at radius 1 is 1.25 bits per heavy atom. The van der Waals surface area contributed by atoms with E-state index in [2.05, 4.69) is 27.6 Å². The zero-order chi connectivity index (χ0) is 17.9. The van der Waals surface area contributed by atoms with Crippen molar-refractivity contribution in [2.24, 2.45) is 4.99 Å². The smallest absolute Gasteiger partial charge is 0.191 e. The van der Waals surface area contributed by atoms with Crippen molar-refractivity contribution >= 4 is 39.8 Å². The molecule has 24 heavy (non-hydrogen) atoms. The number of hydrogen-bond donors (Lipinski definition) is 2. The van der Waals surface area contributed by atoms with E-state index < -0.39 is 14.6 Å². The maximum absolute atomic E-state index is 11.7. The van der Waals surface area contributed by atoms with E-state index >= 15 is 0 Å². The number of likely N-dealkylation sites (N-methyl/N-ethyl adjacent to an activating group) is 1. The Balaban J connectivity index is 0. The molecule has 0 aliphatic carbocycles. The van der Waals surface area contributed by atoms with Gasteiger partial charge in [0.15, 0.2) is 15.8 Å². The minimum Gasteiger partial charge on any atom is -0.385 e. The summed E-state index contributed by atoms with van der Waals surface area (Å²) in [5.74, 6) is 0.648. The molecule has 0 radical (unpaired) electrons. The summed E-state index contributed by atoms with van der Waals surface area (Å²) in [6.07, 6.45) is 2.25. The second-order valence-electron chi connectivity index (χ2n) is 6.30. The first-order valence-electron chi connectivity index (χ1n) is 8.03. The predicted octanol–water partition coefficient (Wildman–Crippen LogP) is 0.951. The van der Waals surface area contributed by atoms with Gasteiger partial charge in [0.2, 0.25) is 0 Å². The molecule has 0 unspecified atom stereocenters. The summed E-state index contributed by atoms with van der Waals surface area (Å²) in [7, 11) is 0.628. The van der Waals surface area contributed by atoms with E-state index in [9.17, 15) is 8.42 Å². The van der Waals surface area contributed by atoms with E-state index in [1.54, 1.807) is 21.0 Å². The molecule has 0 aromatic carbocycles. The maximum atomic E-state index is 11.7. The molecule has 0 amide bonds. The molecule has 0 aromatic rings. The zero-order valence-electron chi connectivity index (χ0n) is 15.9. The topological polar surface area (TPSA) is 83.0 Å². The van der Waals surface area contributed by atoms with Gasteiger partial charge in [0.1, 0.15) is 0 Å². The Labute approximate surface area is 164 Å². The highest BCUT2D eigenvalue weighted by atomic mass is 127. The van der Waals surface area contributed by atoms with Crippen LogP contribution in [0.2, 0.25) is 0 Å². The average Bonchev–Trinajstić information content (AvgIpc) is 2.44. The van der Waals surface area contributed by atoms with Crippen molar-refractivity contribution in [3.8, 4) is 0 Å². The molecule has 0 fully saturated rings. The van der Waals surface area contributed by atoms with Gasteiger partial charge < -0.3 is 20.3 Å². The molecule has 0 aliphatic rings. The van der Waals surface area contributed by atoms with Gasteiger partial charge in [-0.1, -0.05) is 0 Å². The van der Waals surface area contributed by atoms with E-state index in [1.165, 1.54) is 6.26 Å². The monoisotopic (exact) mass is 478 g/mol. The molecule has 0 bridgehead atoms. The molecule has 146 valence electrons. The normalized spacial score (nSPS) is 12.9. The van der Waals surface area contributed by atoms with E-state index in [-0.39, 0.29) is 30.5 Å². The van der Waals surface area contributed by atoms with Crippen LogP contribution in [0, 0.1) is 0 Å². The van der Waals surface area contributed by atoms with Crippen LogP contribution in [0.25, 0.3) is 0 Å². The van der Waals surface area contributed by atoms with Gasteiger partial charge in [-0.15, -0.1) is 24.0 Å². The summed E-state index contributed by atoms with van der Waals surface area (Å²) in [6.45, 7) is 9.69. The lowest BCUT2D eigenvalue weighted by Gasteiger charge is -2.21. The van der Waals surface area contributed by atoms with Crippen LogP contribution in [0.15, 0.2) is 4.99 Å². The van der Waals surface area contributed by atoms with Crippen LogP contribution in [0.4, 0.5) is 0 Å². The number of sulfone groups is 1. The molecule has 2 N–H and O–H groups in total. The summed E-state index contributed by atoms with van der Waals surface area (Å²) in [5, 5.41) is 6.38. The summed E-state index contributed by atoms with van der Waals surface area (Å²) < 4.78 is 27.6. The fraction of sp³-hybridized carbons (Fsp3) is 0.933. The van der Waals surface area contributed by atoms with Gasteiger partial charge in [0.05, 0.1) is 11.3 Å². The highest BCUT2D eigenvalue weighted by Gasteiger charge is 2.29. The third-order valence-corrected chi connectivity index (χ3v) is 5.78. The number of halogens is 1. The molecule has 0 saturated carbocycles. The van der Waals surface area contributed by atoms with Crippen molar-refractivity contribution in [2.75, 3.05) is 59.7 Å². The van der Waals surface area contributed by atoms with Crippen molar-refractivity contribution in [2.45, 2.75) is 31.9 Å². The largest absolute Gasteiger partial charge is 0.385 e. The molecular weight excluding hydrogens is 443 g/mol. The van der Waals surface area contributed by atoms with E-state index in [0.717, 1.165) is 39.2 Å². The lowest BCUT2D eigenvalue weighted by molar-refractivity contribution is 0.180. The fourth-order valence-electron chi connectivity index (χ4n) is 1.68. The van der Waals surface area contributed by atoms with Crippen molar-refractivity contribution in [3.63, 3.8) is 0 Å². The van der Waals surface area contributed by atoms with Crippen molar-refractivity contribution < 1.29 is 13.2 Å². The lowest BCUT2D eigenvalue weighted by Crippen LogP contribution is -2.43. The molecule has 0 aliphatic heterocycles. The SMILES string of the molecule is CCNC(=NCC(C)(C)S(C)(=O)=O)NCCN(C)CCCOC.I. The number of aliphatic imine (C=N–C) groups is 1. The Hall–Kier alpha value is -0.130. The van der Waals surface area contributed by atoms with Crippen LogP contribution < -0.4 is 10.6 Å². The summed E-state index contributed by atoms with van der Waals surface area (Å²) >= 11 is 0. The molecule has 7 nitrogen and oxygen atoms in total. The van der Waals surface area contributed by atoms with Gasteiger partial charge in [-0.2, -0.15) is 0 Å². The van der Waals surface area contributed by atoms with Crippen LogP contribution in [-0.4, -0.2) is 83.8 Å². The fourth-order valence-corrected chi connectivity index (χ4v) is 1.98. The molecule has 9 heteroatoms. The number of guanidine groups is 1. The van der Waals surface area contributed by atoms with Gasteiger partial charge >= 0.3 is 0 Å². The van der Waals surface area contributed by atoms with Crippen molar-refractivity contribution in [3.05, 3.63) is 0 Å². The van der Waals surface area contributed by atoms with E-state index in [0.29, 0.717) is 5.96 Å². The highest BCUT2D eigenvalue weighted by Crippen LogP contribution is 2.14. The minimum absolute atomic E-state index is 0. The number of nitrogens with one attached hydrogen (secondary N) is 2. The number of methoxy groups -OCH3 is 1. The Morgan fingerprint density at radius 2 is 1.88 bits per heavy atom. The molecule has 0 atom stereocenters. The summed E-state index contributed by atoms with van der Waals surface area (Å²) in [5.41, 5.74) is 0. The van der Waals surface area contributed by atoms with Gasteiger partial charge in [0, 0.05) is 46.2 Å². The van der Waals surface area contributed by atoms with Crippen LogP contribution in [0.5, 0.6) is 0 Å². The first kappa shape index (κ1) is 26.1. The van der Waals surface area contributed by atoms with Gasteiger partial charge in [0.25, 0.3) is 0 Å². The second-order valence-corrected chi connectivity index (χ2v) is 8.95. The zero-order valence-corrected chi connectivity index (χ0v) is 19.0. The molecular formula is C15H35IN4O3S. The van der Waals surface area contributed by atoms with Crippen molar-refractivity contribution in [1.82, 2.24) is 15.5 Å². The Bertz CT molecular complexity index is 456. The van der Waals surface area contributed by atoms with Crippen LogP contribution in [0.3, 0.4) is 0 Å². The number of ether oxygens (including phenoxy) is 1. The average molecular weight is 478 g/mol. The Kier molecular flexibility index (Phi) is 14.3. The number of hydrogen-bond acceptors (Lipinski definition) is 5.